The average Bonchev–Trinajstić information content (AvgIpc) is 2.70. The number of nitrogens with zero attached hydrogens (tertiary/aromatic N) is 1. The molecule has 0 fully saturated rings. The Morgan fingerprint density at radius 2 is 1.59 bits per heavy atom. The second-order valence-electron chi connectivity index (χ2n) is 6.44. The molecule has 0 aliphatic rings. The van der Waals surface area contributed by atoms with Crippen LogP contribution in [0.1, 0.15) is 28.3 Å². The Morgan fingerprint density at radius 3 is 2.30 bits per heavy atom. The molecule has 0 aliphatic heterocycles. The molecule has 134 valence electrons. The first kappa shape index (κ1) is 18.4. The SMILES string of the molecule is Cc1ccc([C@H]([NH2+]CC(=O)Nc2ccccc2C#N)c2ccccc2)cc1. The van der Waals surface area contributed by atoms with Gasteiger partial charge in [-0.15, -0.1) is 0 Å². The summed E-state index contributed by atoms with van der Waals surface area (Å²) in [5.74, 6) is -0.134. The summed E-state index contributed by atoms with van der Waals surface area (Å²) in [4.78, 5) is 12.5. The fraction of sp³-hybridized carbons (Fsp3) is 0.130. The Balaban J connectivity index is 1.74. The number of quaternary nitrogens is 1. The summed E-state index contributed by atoms with van der Waals surface area (Å²) in [6, 6.07) is 27.7. The van der Waals surface area contributed by atoms with E-state index < -0.39 is 0 Å². The van der Waals surface area contributed by atoms with Gasteiger partial charge in [-0.1, -0.05) is 72.3 Å². The van der Waals surface area contributed by atoms with E-state index in [2.05, 4.69) is 54.7 Å². The highest BCUT2D eigenvalue weighted by atomic mass is 16.1. The molecule has 0 unspecified atom stereocenters. The van der Waals surface area contributed by atoms with Gasteiger partial charge in [0.25, 0.3) is 5.91 Å². The molecule has 0 saturated carbocycles. The highest BCUT2D eigenvalue weighted by Crippen LogP contribution is 2.18. The van der Waals surface area contributed by atoms with Crippen LogP contribution in [0, 0.1) is 18.3 Å². The number of carbonyl (C=O) groups excluding carboxylic acids is 1. The van der Waals surface area contributed by atoms with Crippen LogP contribution in [0.25, 0.3) is 0 Å². The van der Waals surface area contributed by atoms with Crippen LogP contribution >= 0.6 is 0 Å². The van der Waals surface area contributed by atoms with Crippen molar-refractivity contribution in [1.29, 1.82) is 5.26 Å². The summed E-state index contributed by atoms with van der Waals surface area (Å²) in [6.07, 6.45) is 0. The Labute approximate surface area is 159 Å². The lowest BCUT2D eigenvalue weighted by Crippen LogP contribution is -2.87. The van der Waals surface area contributed by atoms with E-state index in [4.69, 9.17) is 5.26 Å². The monoisotopic (exact) mass is 356 g/mol. The third kappa shape index (κ3) is 4.81. The van der Waals surface area contributed by atoms with E-state index in [1.54, 1.807) is 24.3 Å². The number of rotatable bonds is 6. The summed E-state index contributed by atoms with van der Waals surface area (Å²) in [5, 5.41) is 14.0. The predicted molar refractivity (Wildman–Crippen MR) is 106 cm³/mol. The molecule has 0 radical (unpaired) electrons. The molecule has 0 heterocycles. The fourth-order valence-electron chi connectivity index (χ4n) is 3.01. The highest BCUT2D eigenvalue weighted by molar-refractivity contribution is 5.92. The van der Waals surface area contributed by atoms with Gasteiger partial charge >= 0.3 is 0 Å². The van der Waals surface area contributed by atoms with Crippen molar-refractivity contribution in [3.05, 3.63) is 101 Å². The molecular formula is C23H22N3O+. The molecule has 0 spiro atoms. The number of hydrogen-bond acceptors (Lipinski definition) is 2. The van der Waals surface area contributed by atoms with Crippen LogP contribution in [-0.4, -0.2) is 12.5 Å². The highest BCUT2D eigenvalue weighted by Gasteiger charge is 2.19. The van der Waals surface area contributed by atoms with Gasteiger partial charge in [-0.25, -0.2) is 0 Å². The van der Waals surface area contributed by atoms with Crippen molar-refractivity contribution < 1.29 is 10.1 Å². The topological polar surface area (TPSA) is 69.5 Å². The lowest BCUT2D eigenvalue weighted by Gasteiger charge is -2.17. The van der Waals surface area contributed by atoms with Crippen LogP contribution < -0.4 is 10.6 Å². The van der Waals surface area contributed by atoms with Gasteiger partial charge in [-0.05, 0) is 19.1 Å². The number of hydrogen-bond donors (Lipinski definition) is 2. The van der Waals surface area contributed by atoms with Crippen molar-refractivity contribution in [3.8, 4) is 6.07 Å². The van der Waals surface area contributed by atoms with Gasteiger partial charge in [0, 0.05) is 11.1 Å². The van der Waals surface area contributed by atoms with Gasteiger partial charge in [0.15, 0.2) is 6.54 Å². The van der Waals surface area contributed by atoms with Crippen LogP contribution in [0.15, 0.2) is 78.9 Å². The Hall–Kier alpha value is -3.42. The van der Waals surface area contributed by atoms with Crippen molar-refractivity contribution in [2.75, 3.05) is 11.9 Å². The van der Waals surface area contributed by atoms with Gasteiger partial charge in [0.2, 0.25) is 0 Å². The first-order valence-corrected chi connectivity index (χ1v) is 8.91. The normalized spacial score (nSPS) is 11.4. The molecule has 3 aromatic rings. The minimum atomic E-state index is -0.134. The number of carbonyl (C=O) groups is 1. The summed E-state index contributed by atoms with van der Waals surface area (Å²) in [6.45, 7) is 2.32. The Morgan fingerprint density at radius 1 is 0.963 bits per heavy atom. The van der Waals surface area contributed by atoms with E-state index in [1.807, 2.05) is 23.5 Å². The van der Waals surface area contributed by atoms with Crippen LogP contribution in [0.2, 0.25) is 0 Å². The van der Waals surface area contributed by atoms with E-state index in [9.17, 15) is 4.79 Å². The quantitative estimate of drug-likeness (QED) is 0.712. The van der Waals surface area contributed by atoms with Crippen LogP contribution in [0.4, 0.5) is 5.69 Å². The van der Waals surface area contributed by atoms with Gasteiger partial charge in [0.1, 0.15) is 12.1 Å². The van der Waals surface area contributed by atoms with E-state index in [0.29, 0.717) is 11.3 Å². The molecule has 4 heteroatoms. The molecule has 3 rings (SSSR count). The number of benzene rings is 3. The minimum Gasteiger partial charge on any atom is -0.328 e. The van der Waals surface area contributed by atoms with E-state index in [0.717, 1.165) is 11.1 Å². The smallest absolute Gasteiger partial charge is 0.279 e. The fourth-order valence-corrected chi connectivity index (χ4v) is 3.01. The number of amides is 1. The number of para-hydroxylation sites is 1. The number of nitrogens with one attached hydrogen (secondary N) is 1. The number of anilines is 1. The maximum Gasteiger partial charge on any atom is 0.279 e. The van der Waals surface area contributed by atoms with E-state index >= 15 is 0 Å². The van der Waals surface area contributed by atoms with Crippen molar-refractivity contribution in [2.24, 2.45) is 0 Å². The maximum absolute atomic E-state index is 12.5. The molecule has 1 amide bonds. The third-order valence-electron chi connectivity index (χ3n) is 4.46. The lowest BCUT2D eigenvalue weighted by molar-refractivity contribution is -0.676. The number of nitrogens with two attached hydrogens (primary N) is 1. The zero-order chi connectivity index (χ0) is 19.1. The summed E-state index contributed by atoms with van der Waals surface area (Å²) in [5.41, 5.74) is 4.51. The van der Waals surface area contributed by atoms with E-state index in [1.165, 1.54) is 5.56 Å². The van der Waals surface area contributed by atoms with E-state index in [-0.39, 0.29) is 18.5 Å². The number of aryl methyl sites for hydroxylation is 1. The first-order valence-electron chi connectivity index (χ1n) is 8.91. The second kappa shape index (κ2) is 8.79. The lowest BCUT2D eigenvalue weighted by atomic mass is 9.98. The number of nitriles is 1. The second-order valence-corrected chi connectivity index (χ2v) is 6.44. The predicted octanol–water partition coefficient (Wildman–Crippen LogP) is 3.16. The summed E-state index contributed by atoms with van der Waals surface area (Å²) < 4.78 is 0. The van der Waals surface area contributed by atoms with Crippen molar-refractivity contribution >= 4 is 11.6 Å². The molecule has 0 aliphatic carbocycles. The zero-order valence-electron chi connectivity index (χ0n) is 15.2. The van der Waals surface area contributed by atoms with Crippen LogP contribution in [-0.2, 0) is 4.79 Å². The van der Waals surface area contributed by atoms with Crippen LogP contribution in [0.5, 0.6) is 0 Å². The third-order valence-corrected chi connectivity index (χ3v) is 4.46. The Bertz CT molecular complexity index is 943. The Kier molecular flexibility index (Phi) is 5.98. The largest absolute Gasteiger partial charge is 0.328 e. The molecule has 4 nitrogen and oxygen atoms in total. The molecule has 0 saturated heterocycles. The molecule has 27 heavy (non-hydrogen) atoms. The minimum absolute atomic E-state index is 0.0313. The summed E-state index contributed by atoms with van der Waals surface area (Å²) in [7, 11) is 0. The molecular weight excluding hydrogens is 334 g/mol. The maximum atomic E-state index is 12.5. The zero-order valence-corrected chi connectivity index (χ0v) is 15.2. The van der Waals surface area contributed by atoms with Crippen molar-refractivity contribution in [2.45, 2.75) is 13.0 Å². The van der Waals surface area contributed by atoms with Gasteiger partial charge in [-0.3, -0.25) is 4.79 Å². The van der Waals surface area contributed by atoms with Gasteiger partial charge in [0.05, 0.1) is 11.3 Å². The van der Waals surface area contributed by atoms with Crippen molar-refractivity contribution in [1.82, 2.24) is 0 Å². The average molecular weight is 356 g/mol. The van der Waals surface area contributed by atoms with Crippen LogP contribution in [0.3, 0.4) is 0 Å². The van der Waals surface area contributed by atoms with Gasteiger partial charge < -0.3 is 10.6 Å². The first-order chi connectivity index (χ1) is 13.2. The van der Waals surface area contributed by atoms with Gasteiger partial charge in [-0.2, -0.15) is 5.26 Å². The summed E-state index contributed by atoms with van der Waals surface area (Å²) >= 11 is 0. The molecule has 1 atom stereocenters. The molecule has 0 aromatic heterocycles. The molecule has 0 bridgehead atoms. The van der Waals surface area contributed by atoms with Crippen molar-refractivity contribution in [3.63, 3.8) is 0 Å². The standard InChI is InChI=1S/C23H21N3O/c1-17-11-13-19(14-12-17)23(18-7-3-2-4-8-18)25-16-22(27)26-21-10-6-5-9-20(21)15-24/h2-14,23,25H,16H2,1H3,(H,26,27)/p+1/t23-/m1/s1. The molecule has 3 N–H and O–H groups in total. The molecule has 3 aromatic carbocycles.